The van der Waals surface area contributed by atoms with Crippen LogP contribution in [0.25, 0.3) is 0 Å². The summed E-state index contributed by atoms with van der Waals surface area (Å²) in [6.07, 6.45) is 0.980. The van der Waals surface area contributed by atoms with Crippen molar-refractivity contribution in [1.82, 2.24) is 5.32 Å². The van der Waals surface area contributed by atoms with Gasteiger partial charge in [0.1, 0.15) is 4.75 Å². The number of sulfonamides is 1. The minimum Gasteiger partial charge on any atom is -0.351 e. The lowest BCUT2D eigenvalue weighted by Crippen LogP contribution is -2.47. The number of amides is 1. The summed E-state index contributed by atoms with van der Waals surface area (Å²) < 4.78 is 44.0. The van der Waals surface area contributed by atoms with Crippen molar-refractivity contribution >= 4 is 25.8 Å². The predicted molar refractivity (Wildman–Crippen MR) is 78.6 cm³/mol. The summed E-state index contributed by atoms with van der Waals surface area (Å²) >= 11 is 0. The summed E-state index contributed by atoms with van der Waals surface area (Å²) in [6.45, 7) is 2.61. The molecule has 3 N–H and O–H groups in total. The standard InChI is InChI=1S/C12H18N2O5S2/c1-12(2,20(3,16)17)11(15)14-8-9-5-4-6-10(7-9)21(13,18)19/h4-7H,8H2,1-3H3,(H,14,15)(H2,13,18,19). The molecule has 0 unspecified atom stereocenters. The van der Waals surface area contributed by atoms with E-state index in [-0.39, 0.29) is 11.4 Å². The van der Waals surface area contributed by atoms with Crippen LogP contribution in [0.3, 0.4) is 0 Å². The van der Waals surface area contributed by atoms with Gasteiger partial charge >= 0.3 is 0 Å². The van der Waals surface area contributed by atoms with Crippen LogP contribution in [0.4, 0.5) is 0 Å². The maximum Gasteiger partial charge on any atom is 0.241 e. The summed E-state index contributed by atoms with van der Waals surface area (Å²) in [7, 11) is -7.39. The summed E-state index contributed by atoms with van der Waals surface area (Å²) in [5, 5.41) is 7.48. The van der Waals surface area contributed by atoms with Crippen LogP contribution in [0, 0.1) is 0 Å². The third-order valence-corrected chi connectivity index (χ3v) is 6.10. The molecule has 1 aromatic carbocycles. The molecule has 1 amide bonds. The number of primary sulfonamides is 1. The van der Waals surface area contributed by atoms with Crippen LogP contribution in [0.1, 0.15) is 19.4 Å². The minimum atomic E-state index is -3.82. The van der Waals surface area contributed by atoms with E-state index in [9.17, 15) is 21.6 Å². The van der Waals surface area contributed by atoms with Crippen molar-refractivity contribution in [2.45, 2.75) is 30.0 Å². The quantitative estimate of drug-likeness (QED) is 0.770. The van der Waals surface area contributed by atoms with E-state index in [4.69, 9.17) is 5.14 Å². The fourth-order valence-electron chi connectivity index (χ4n) is 1.40. The highest BCUT2D eigenvalue weighted by Crippen LogP contribution is 2.16. The molecule has 118 valence electrons. The van der Waals surface area contributed by atoms with Gasteiger partial charge in [-0.15, -0.1) is 0 Å². The van der Waals surface area contributed by atoms with Gasteiger partial charge in [-0.25, -0.2) is 22.0 Å². The largest absolute Gasteiger partial charge is 0.351 e. The lowest BCUT2D eigenvalue weighted by Gasteiger charge is -2.21. The zero-order valence-corrected chi connectivity index (χ0v) is 13.6. The Labute approximate surface area is 124 Å². The third kappa shape index (κ3) is 4.26. The Kier molecular flexibility index (Phi) is 4.81. The second-order valence-electron chi connectivity index (χ2n) is 5.16. The molecular weight excluding hydrogens is 316 g/mol. The Hall–Kier alpha value is -1.45. The van der Waals surface area contributed by atoms with Crippen LogP contribution < -0.4 is 10.5 Å². The van der Waals surface area contributed by atoms with Gasteiger partial charge < -0.3 is 5.32 Å². The molecule has 0 aliphatic rings. The predicted octanol–water partition coefficient (Wildman–Crippen LogP) is -0.227. The molecule has 0 aliphatic heterocycles. The maximum absolute atomic E-state index is 11.9. The van der Waals surface area contributed by atoms with Gasteiger partial charge in [0.25, 0.3) is 0 Å². The summed E-state index contributed by atoms with van der Waals surface area (Å²) in [4.78, 5) is 11.9. The van der Waals surface area contributed by atoms with Gasteiger partial charge in [-0.3, -0.25) is 4.79 Å². The van der Waals surface area contributed by atoms with Gasteiger partial charge in [-0.1, -0.05) is 12.1 Å². The topological polar surface area (TPSA) is 123 Å². The molecule has 0 atom stereocenters. The zero-order chi connectivity index (χ0) is 16.5. The van der Waals surface area contributed by atoms with Crippen molar-refractivity contribution in [2.75, 3.05) is 6.26 Å². The van der Waals surface area contributed by atoms with Gasteiger partial charge in [-0.05, 0) is 31.5 Å². The van der Waals surface area contributed by atoms with Crippen molar-refractivity contribution in [1.29, 1.82) is 0 Å². The van der Waals surface area contributed by atoms with E-state index in [0.717, 1.165) is 6.26 Å². The highest BCUT2D eigenvalue weighted by atomic mass is 32.2. The van der Waals surface area contributed by atoms with Crippen molar-refractivity contribution in [3.05, 3.63) is 29.8 Å². The Bertz CT molecular complexity index is 752. The Morgan fingerprint density at radius 1 is 1.24 bits per heavy atom. The number of hydrogen-bond donors (Lipinski definition) is 2. The molecule has 9 heteroatoms. The van der Waals surface area contributed by atoms with E-state index >= 15 is 0 Å². The third-order valence-electron chi connectivity index (χ3n) is 3.15. The molecule has 7 nitrogen and oxygen atoms in total. The van der Waals surface area contributed by atoms with Crippen LogP contribution in [0.2, 0.25) is 0 Å². The van der Waals surface area contributed by atoms with Crippen molar-refractivity contribution in [3.63, 3.8) is 0 Å². The number of rotatable bonds is 5. The highest BCUT2D eigenvalue weighted by Gasteiger charge is 2.38. The van der Waals surface area contributed by atoms with Gasteiger partial charge in [0.05, 0.1) is 4.90 Å². The normalized spacial score (nSPS) is 13.0. The monoisotopic (exact) mass is 334 g/mol. The Morgan fingerprint density at radius 3 is 2.29 bits per heavy atom. The zero-order valence-electron chi connectivity index (χ0n) is 12.0. The van der Waals surface area contributed by atoms with E-state index < -0.39 is 30.5 Å². The molecule has 0 fully saturated rings. The van der Waals surface area contributed by atoms with Crippen LogP contribution in [-0.4, -0.2) is 33.7 Å². The first-order valence-corrected chi connectivity index (χ1v) is 9.39. The molecule has 0 aromatic heterocycles. The lowest BCUT2D eigenvalue weighted by molar-refractivity contribution is -0.123. The van der Waals surface area contributed by atoms with Gasteiger partial charge in [-0.2, -0.15) is 0 Å². The highest BCUT2D eigenvalue weighted by molar-refractivity contribution is 7.92. The first-order valence-electron chi connectivity index (χ1n) is 5.95. The van der Waals surface area contributed by atoms with Crippen LogP contribution in [0.5, 0.6) is 0 Å². The van der Waals surface area contributed by atoms with E-state index in [1.807, 2.05) is 0 Å². The number of benzene rings is 1. The molecule has 21 heavy (non-hydrogen) atoms. The molecule has 1 rings (SSSR count). The Morgan fingerprint density at radius 2 is 1.81 bits per heavy atom. The van der Waals surface area contributed by atoms with E-state index in [2.05, 4.69) is 5.32 Å². The summed E-state index contributed by atoms with van der Waals surface area (Å²) in [5.74, 6) is -0.661. The molecule has 0 saturated heterocycles. The number of carbonyl (C=O) groups is 1. The molecule has 0 saturated carbocycles. The first kappa shape index (κ1) is 17.6. The van der Waals surface area contributed by atoms with Crippen molar-refractivity contribution in [2.24, 2.45) is 5.14 Å². The molecule has 0 heterocycles. The van der Waals surface area contributed by atoms with Crippen molar-refractivity contribution < 1.29 is 21.6 Å². The van der Waals surface area contributed by atoms with Crippen LogP contribution in [0.15, 0.2) is 29.2 Å². The second-order valence-corrected chi connectivity index (χ2v) is 9.28. The summed E-state index contributed by atoms with van der Waals surface area (Å²) in [6, 6.07) is 5.75. The molecule has 0 spiro atoms. The number of nitrogens with two attached hydrogens (primary N) is 1. The Balaban J connectivity index is 2.89. The molecule has 1 aromatic rings. The van der Waals surface area contributed by atoms with Gasteiger partial charge in [0.2, 0.25) is 15.9 Å². The number of sulfone groups is 1. The maximum atomic E-state index is 11.9. The van der Waals surface area contributed by atoms with E-state index in [0.29, 0.717) is 5.56 Å². The fraction of sp³-hybridized carbons (Fsp3) is 0.417. The summed E-state index contributed by atoms with van der Waals surface area (Å²) in [5.41, 5.74) is 0.499. The molecule has 0 radical (unpaired) electrons. The molecular formula is C12H18N2O5S2. The van der Waals surface area contributed by atoms with Crippen LogP contribution in [-0.2, 0) is 31.2 Å². The fourth-order valence-corrected chi connectivity index (χ4v) is 2.39. The number of carbonyl (C=O) groups excluding carboxylic acids is 1. The molecule has 0 bridgehead atoms. The number of nitrogens with one attached hydrogen (secondary N) is 1. The first-order chi connectivity index (χ1) is 9.35. The van der Waals surface area contributed by atoms with Crippen LogP contribution >= 0.6 is 0 Å². The van der Waals surface area contributed by atoms with Gasteiger partial charge in [0, 0.05) is 12.8 Å². The lowest BCUT2D eigenvalue weighted by atomic mass is 10.1. The number of hydrogen-bond acceptors (Lipinski definition) is 5. The second kappa shape index (κ2) is 5.74. The van der Waals surface area contributed by atoms with E-state index in [1.165, 1.54) is 32.0 Å². The minimum absolute atomic E-state index is 0.00113. The average Bonchev–Trinajstić information content (AvgIpc) is 2.33. The molecule has 0 aliphatic carbocycles. The average molecular weight is 334 g/mol. The van der Waals surface area contributed by atoms with Gasteiger partial charge in [0.15, 0.2) is 9.84 Å². The van der Waals surface area contributed by atoms with E-state index in [1.54, 1.807) is 6.07 Å². The SMILES string of the molecule is CC(C)(C(=O)NCc1cccc(S(N)(=O)=O)c1)S(C)(=O)=O. The van der Waals surface area contributed by atoms with Crippen molar-refractivity contribution in [3.8, 4) is 0 Å². The smallest absolute Gasteiger partial charge is 0.241 e.